The topological polar surface area (TPSA) is 12.0 Å². The second-order valence-electron chi connectivity index (χ2n) is 3.12. The van der Waals surface area contributed by atoms with Crippen molar-refractivity contribution in [2.24, 2.45) is 0 Å². The summed E-state index contributed by atoms with van der Waals surface area (Å²) >= 11 is 1.56. The van der Waals surface area contributed by atoms with Gasteiger partial charge in [0.1, 0.15) is 0 Å². The molecule has 0 bridgehead atoms. The Morgan fingerprint density at radius 2 is 2.29 bits per heavy atom. The maximum Gasteiger partial charge on any atom is 0.0988 e. The molecule has 14 heavy (non-hydrogen) atoms. The number of hydrogen-bond donors (Lipinski definition) is 1. The number of benzene rings is 1. The molecular weight excluding hydrogens is 197 g/mol. The first kappa shape index (κ1) is 11.5. The Morgan fingerprint density at radius 1 is 1.50 bits per heavy atom. The van der Waals surface area contributed by atoms with E-state index >= 15 is 0 Å². The minimum absolute atomic E-state index is 0.267. The molecule has 1 aromatic carbocycles. The van der Waals surface area contributed by atoms with E-state index in [4.69, 9.17) is 0 Å². The lowest BCUT2D eigenvalue weighted by Crippen LogP contribution is -2.12. The molecule has 0 heterocycles. The average molecular weight is 213 g/mol. The molecule has 0 radical (unpaired) electrons. The van der Waals surface area contributed by atoms with Crippen molar-refractivity contribution in [2.75, 3.05) is 19.5 Å². The molecule has 0 aliphatic carbocycles. The van der Waals surface area contributed by atoms with Crippen molar-refractivity contribution >= 4 is 11.8 Å². The first-order valence-electron chi connectivity index (χ1n) is 4.74. The zero-order chi connectivity index (χ0) is 10.4. The molecule has 0 spiro atoms. The summed E-state index contributed by atoms with van der Waals surface area (Å²) in [5, 5.41) is 3.18. The molecule has 0 aliphatic heterocycles. The molecule has 0 fully saturated rings. The van der Waals surface area contributed by atoms with Crippen molar-refractivity contribution in [3.63, 3.8) is 0 Å². The molecular formula is C11H16FNS. The number of alkyl halides is 1. The van der Waals surface area contributed by atoms with Gasteiger partial charge in [0.15, 0.2) is 0 Å². The molecule has 0 aromatic heterocycles. The summed E-state index contributed by atoms with van der Waals surface area (Å²) in [6.07, 6.45) is 0. The summed E-state index contributed by atoms with van der Waals surface area (Å²) in [5.41, 5.74) is 1.25. The van der Waals surface area contributed by atoms with Gasteiger partial charge in [0.25, 0.3) is 0 Å². The zero-order valence-electron chi connectivity index (χ0n) is 8.59. The lowest BCUT2D eigenvalue weighted by molar-refractivity contribution is 0.533. The van der Waals surface area contributed by atoms with Gasteiger partial charge in [0.2, 0.25) is 0 Å². The van der Waals surface area contributed by atoms with Crippen molar-refractivity contribution in [3.8, 4) is 0 Å². The van der Waals surface area contributed by atoms with E-state index in [1.54, 1.807) is 11.8 Å². The Morgan fingerprint density at radius 3 is 2.93 bits per heavy atom. The lowest BCUT2D eigenvalue weighted by atomic mass is 10.1. The van der Waals surface area contributed by atoms with Crippen LogP contribution < -0.4 is 5.32 Å². The molecule has 1 N–H and O–H groups in total. The van der Waals surface area contributed by atoms with Crippen molar-refractivity contribution in [3.05, 3.63) is 29.8 Å². The first-order valence-corrected chi connectivity index (χ1v) is 5.72. The van der Waals surface area contributed by atoms with E-state index in [0.29, 0.717) is 11.8 Å². The molecule has 1 aromatic rings. The second-order valence-corrected chi connectivity index (χ2v) is 4.29. The maximum atomic E-state index is 12.0. The summed E-state index contributed by atoms with van der Waals surface area (Å²) in [7, 11) is 1.94. The van der Waals surface area contributed by atoms with Crippen LogP contribution in [0.3, 0.4) is 0 Å². The van der Waals surface area contributed by atoms with Gasteiger partial charge in [0.05, 0.1) is 6.67 Å². The normalized spacial score (nSPS) is 12.8. The van der Waals surface area contributed by atoms with Crippen LogP contribution >= 0.6 is 11.8 Å². The van der Waals surface area contributed by atoms with Gasteiger partial charge in [0, 0.05) is 16.7 Å². The van der Waals surface area contributed by atoms with Crippen LogP contribution in [0.4, 0.5) is 4.39 Å². The van der Waals surface area contributed by atoms with Gasteiger partial charge in [-0.1, -0.05) is 12.1 Å². The van der Waals surface area contributed by atoms with Gasteiger partial charge in [-0.15, -0.1) is 11.8 Å². The van der Waals surface area contributed by atoms with Crippen LogP contribution in [0.15, 0.2) is 29.2 Å². The highest BCUT2D eigenvalue weighted by Crippen LogP contribution is 2.21. The minimum Gasteiger partial charge on any atom is -0.313 e. The van der Waals surface area contributed by atoms with Crippen LogP contribution in [-0.2, 0) is 0 Å². The fourth-order valence-electron chi connectivity index (χ4n) is 1.20. The van der Waals surface area contributed by atoms with Crippen molar-refractivity contribution in [2.45, 2.75) is 17.9 Å². The van der Waals surface area contributed by atoms with Gasteiger partial charge in [-0.2, -0.15) is 0 Å². The van der Waals surface area contributed by atoms with Gasteiger partial charge in [-0.3, -0.25) is 4.39 Å². The molecule has 1 atom stereocenters. The van der Waals surface area contributed by atoms with E-state index in [0.717, 1.165) is 4.90 Å². The Labute approximate surface area is 89.1 Å². The van der Waals surface area contributed by atoms with E-state index in [-0.39, 0.29) is 6.67 Å². The maximum absolute atomic E-state index is 12.0. The van der Waals surface area contributed by atoms with Crippen LogP contribution in [-0.4, -0.2) is 19.5 Å². The summed E-state index contributed by atoms with van der Waals surface area (Å²) in [5.74, 6) is 0.539. The van der Waals surface area contributed by atoms with Crippen molar-refractivity contribution < 1.29 is 4.39 Å². The molecule has 0 saturated carbocycles. The molecule has 0 saturated heterocycles. The number of halogens is 1. The van der Waals surface area contributed by atoms with Crippen LogP contribution in [0.5, 0.6) is 0 Å². The average Bonchev–Trinajstić information content (AvgIpc) is 2.25. The first-order chi connectivity index (χ1) is 6.77. The summed E-state index contributed by atoms with van der Waals surface area (Å²) in [4.78, 5) is 1.14. The predicted octanol–water partition coefficient (Wildman–Crippen LogP) is 3.03. The second kappa shape index (κ2) is 6.04. The smallest absolute Gasteiger partial charge is 0.0988 e. The Balaban J connectivity index is 2.68. The van der Waals surface area contributed by atoms with Crippen LogP contribution in [0.25, 0.3) is 0 Å². The van der Waals surface area contributed by atoms with E-state index in [1.165, 1.54) is 5.56 Å². The van der Waals surface area contributed by atoms with Crippen LogP contribution in [0.1, 0.15) is 18.5 Å². The summed E-state index contributed by atoms with van der Waals surface area (Å²) in [6.45, 7) is 1.84. The predicted molar refractivity (Wildman–Crippen MR) is 60.6 cm³/mol. The third-order valence-corrected chi connectivity index (χ3v) is 3.08. The fraction of sp³-hybridized carbons (Fsp3) is 0.455. The fourth-order valence-corrected chi connectivity index (χ4v) is 1.90. The van der Waals surface area contributed by atoms with E-state index < -0.39 is 0 Å². The Bertz CT molecular complexity index is 278. The van der Waals surface area contributed by atoms with Crippen LogP contribution in [0, 0.1) is 0 Å². The summed E-state index contributed by atoms with van der Waals surface area (Å²) in [6, 6.07) is 8.58. The Hall–Kier alpha value is -0.540. The van der Waals surface area contributed by atoms with Gasteiger partial charge in [-0.25, -0.2) is 0 Å². The SMILES string of the molecule is CNC(C)c1cccc(SCCF)c1. The number of rotatable bonds is 5. The molecule has 1 rings (SSSR count). The number of thioether (sulfide) groups is 1. The molecule has 78 valence electrons. The highest BCUT2D eigenvalue weighted by atomic mass is 32.2. The molecule has 0 amide bonds. The van der Waals surface area contributed by atoms with Gasteiger partial charge in [-0.05, 0) is 31.7 Å². The monoisotopic (exact) mass is 213 g/mol. The van der Waals surface area contributed by atoms with Crippen molar-refractivity contribution in [1.82, 2.24) is 5.32 Å². The third-order valence-electron chi connectivity index (χ3n) is 2.14. The third kappa shape index (κ3) is 3.31. The highest BCUT2D eigenvalue weighted by molar-refractivity contribution is 7.99. The lowest BCUT2D eigenvalue weighted by Gasteiger charge is -2.11. The standard InChI is InChI=1S/C11H16FNS/c1-9(13-2)10-4-3-5-11(8-10)14-7-6-12/h3-5,8-9,13H,6-7H2,1-2H3. The number of hydrogen-bond acceptors (Lipinski definition) is 2. The van der Waals surface area contributed by atoms with E-state index in [1.807, 2.05) is 19.2 Å². The minimum atomic E-state index is -0.267. The zero-order valence-corrected chi connectivity index (χ0v) is 9.40. The molecule has 1 unspecified atom stereocenters. The Kier molecular flexibility index (Phi) is 4.98. The summed E-state index contributed by atoms with van der Waals surface area (Å²) < 4.78 is 12.0. The molecule has 3 heteroatoms. The largest absolute Gasteiger partial charge is 0.313 e. The van der Waals surface area contributed by atoms with E-state index in [9.17, 15) is 4.39 Å². The van der Waals surface area contributed by atoms with Gasteiger partial charge >= 0.3 is 0 Å². The molecule has 0 aliphatic rings. The van der Waals surface area contributed by atoms with Crippen molar-refractivity contribution in [1.29, 1.82) is 0 Å². The van der Waals surface area contributed by atoms with Gasteiger partial charge < -0.3 is 5.32 Å². The van der Waals surface area contributed by atoms with E-state index in [2.05, 4.69) is 24.4 Å². The highest BCUT2D eigenvalue weighted by Gasteiger charge is 2.02. The molecule has 1 nitrogen and oxygen atoms in total. The number of nitrogens with one attached hydrogen (secondary N) is 1. The van der Waals surface area contributed by atoms with Crippen LogP contribution in [0.2, 0.25) is 0 Å². The quantitative estimate of drug-likeness (QED) is 0.755.